The second-order valence-corrected chi connectivity index (χ2v) is 6.62. The van der Waals surface area contributed by atoms with Crippen LogP contribution in [-0.4, -0.2) is 30.1 Å². The van der Waals surface area contributed by atoms with Gasteiger partial charge in [0.2, 0.25) is 5.95 Å². The molecule has 110 valence electrons. The lowest BCUT2D eigenvalue weighted by Gasteiger charge is -2.28. The third kappa shape index (κ3) is 2.71. The highest BCUT2D eigenvalue weighted by Gasteiger charge is 2.39. The molecule has 3 atom stereocenters. The number of hydrogen-bond acceptors (Lipinski definition) is 4. The summed E-state index contributed by atoms with van der Waals surface area (Å²) in [5.41, 5.74) is 0. The van der Waals surface area contributed by atoms with Crippen LogP contribution < -0.4 is 10.2 Å². The normalized spacial score (nSPS) is 27.9. The maximum atomic E-state index is 6.26. The van der Waals surface area contributed by atoms with Crippen molar-refractivity contribution >= 4 is 23.4 Å². The van der Waals surface area contributed by atoms with E-state index in [1.165, 1.54) is 25.7 Å². The molecule has 0 saturated heterocycles. The van der Waals surface area contributed by atoms with Crippen molar-refractivity contribution in [2.75, 3.05) is 30.4 Å². The molecule has 0 amide bonds. The van der Waals surface area contributed by atoms with E-state index < -0.39 is 0 Å². The predicted molar refractivity (Wildman–Crippen MR) is 83.4 cm³/mol. The van der Waals surface area contributed by atoms with Gasteiger partial charge < -0.3 is 10.2 Å². The van der Waals surface area contributed by atoms with Crippen LogP contribution in [0.1, 0.15) is 32.6 Å². The fourth-order valence-corrected chi connectivity index (χ4v) is 4.14. The number of halogens is 1. The molecule has 1 aromatic rings. The quantitative estimate of drug-likeness (QED) is 0.903. The van der Waals surface area contributed by atoms with Crippen molar-refractivity contribution in [3.05, 3.63) is 11.2 Å². The van der Waals surface area contributed by atoms with Gasteiger partial charge in [0.05, 0.1) is 6.20 Å². The number of anilines is 2. The molecule has 2 saturated carbocycles. The largest absolute Gasteiger partial charge is 0.358 e. The number of nitrogens with zero attached hydrogens (tertiary/aromatic N) is 3. The van der Waals surface area contributed by atoms with Gasteiger partial charge in [-0.3, -0.25) is 0 Å². The second kappa shape index (κ2) is 5.76. The molecule has 0 aliphatic heterocycles. The monoisotopic (exact) mass is 294 g/mol. The Labute approximate surface area is 125 Å². The molecular weight excluding hydrogens is 272 g/mol. The van der Waals surface area contributed by atoms with Gasteiger partial charge in [-0.05, 0) is 43.9 Å². The first-order chi connectivity index (χ1) is 9.67. The Balaban J connectivity index is 1.70. The summed E-state index contributed by atoms with van der Waals surface area (Å²) in [7, 11) is 2.09. The first-order valence-corrected chi connectivity index (χ1v) is 8.02. The summed E-state index contributed by atoms with van der Waals surface area (Å²) < 4.78 is 0. The number of hydrogen-bond donors (Lipinski definition) is 1. The van der Waals surface area contributed by atoms with Crippen LogP contribution in [-0.2, 0) is 0 Å². The molecule has 3 unspecified atom stereocenters. The van der Waals surface area contributed by atoms with Crippen LogP contribution in [0.4, 0.5) is 11.8 Å². The van der Waals surface area contributed by atoms with Crippen molar-refractivity contribution in [1.29, 1.82) is 0 Å². The minimum absolute atomic E-state index is 0.636. The zero-order valence-corrected chi connectivity index (χ0v) is 13.0. The van der Waals surface area contributed by atoms with E-state index in [0.29, 0.717) is 11.0 Å². The summed E-state index contributed by atoms with van der Waals surface area (Å²) in [6.45, 7) is 3.91. The lowest BCUT2D eigenvalue weighted by molar-refractivity contribution is 0.337. The first-order valence-electron chi connectivity index (χ1n) is 7.65. The summed E-state index contributed by atoms with van der Waals surface area (Å²) in [4.78, 5) is 10.9. The van der Waals surface area contributed by atoms with Crippen LogP contribution in [0.2, 0.25) is 5.02 Å². The molecule has 4 nitrogen and oxygen atoms in total. The van der Waals surface area contributed by atoms with Crippen molar-refractivity contribution in [2.45, 2.75) is 32.6 Å². The minimum Gasteiger partial charge on any atom is -0.358 e. The molecule has 3 rings (SSSR count). The molecule has 0 spiro atoms. The molecule has 0 radical (unpaired) electrons. The molecule has 5 heteroatoms. The van der Waals surface area contributed by atoms with Gasteiger partial charge in [-0.2, -0.15) is 4.98 Å². The molecule has 1 heterocycles. The molecule has 2 fully saturated rings. The van der Waals surface area contributed by atoms with Crippen molar-refractivity contribution in [3.63, 3.8) is 0 Å². The fraction of sp³-hybridized carbons (Fsp3) is 0.733. The van der Waals surface area contributed by atoms with E-state index in [1.807, 2.05) is 6.92 Å². The van der Waals surface area contributed by atoms with Crippen LogP contribution in [0.5, 0.6) is 0 Å². The Morgan fingerprint density at radius 3 is 2.90 bits per heavy atom. The van der Waals surface area contributed by atoms with Crippen LogP contribution in [0.15, 0.2) is 6.20 Å². The van der Waals surface area contributed by atoms with Gasteiger partial charge in [-0.15, -0.1) is 0 Å². The van der Waals surface area contributed by atoms with Gasteiger partial charge in [-0.25, -0.2) is 4.98 Å². The summed E-state index contributed by atoms with van der Waals surface area (Å²) in [5.74, 6) is 4.23. The Morgan fingerprint density at radius 1 is 1.40 bits per heavy atom. The van der Waals surface area contributed by atoms with Gasteiger partial charge in [0.1, 0.15) is 5.02 Å². The van der Waals surface area contributed by atoms with Gasteiger partial charge >= 0.3 is 0 Å². The van der Waals surface area contributed by atoms with Crippen LogP contribution >= 0.6 is 11.6 Å². The third-order valence-corrected chi connectivity index (χ3v) is 5.08. The first kappa shape index (κ1) is 13.9. The van der Waals surface area contributed by atoms with Crippen molar-refractivity contribution in [2.24, 2.45) is 17.8 Å². The SMILES string of the molecule is CCNc1ncc(Cl)c(N(C)CC2CC3CCC2C3)n1. The number of fused-ring (bicyclic) bond motifs is 2. The Morgan fingerprint density at radius 2 is 2.25 bits per heavy atom. The van der Waals surface area contributed by atoms with Gasteiger partial charge in [0.25, 0.3) is 0 Å². The summed E-state index contributed by atoms with van der Waals surface area (Å²) >= 11 is 6.26. The van der Waals surface area contributed by atoms with E-state index in [-0.39, 0.29) is 0 Å². The standard InChI is InChI=1S/C15H23ClN4/c1-3-17-15-18-8-13(16)14(19-15)20(2)9-12-7-10-4-5-11(12)6-10/h8,10-12H,3-7,9H2,1-2H3,(H,17,18,19). The lowest BCUT2D eigenvalue weighted by atomic mass is 9.88. The Hall–Kier alpha value is -1.03. The number of nitrogens with one attached hydrogen (secondary N) is 1. The van der Waals surface area contributed by atoms with E-state index in [2.05, 4.69) is 27.2 Å². The van der Waals surface area contributed by atoms with Crippen LogP contribution in [0.3, 0.4) is 0 Å². The molecule has 2 aliphatic carbocycles. The zero-order valence-electron chi connectivity index (χ0n) is 12.3. The van der Waals surface area contributed by atoms with Crippen molar-refractivity contribution < 1.29 is 0 Å². The summed E-state index contributed by atoms with van der Waals surface area (Å²) in [6.07, 6.45) is 7.39. The van der Waals surface area contributed by atoms with E-state index in [1.54, 1.807) is 6.20 Å². The lowest BCUT2D eigenvalue weighted by Crippen LogP contribution is -2.29. The highest BCUT2D eigenvalue weighted by atomic mass is 35.5. The molecule has 2 aliphatic rings. The maximum absolute atomic E-state index is 6.26. The molecule has 20 heavy (non-hydrogen) atoms. The predicted octanol–water partition coefficient (Wildman–Crippen LogP) is 3.43. The summed E-state index contributed by atoms with van der Waals surface area (Å²) in [6, 6.07) is 0. The van der Waals surface area contributed by atoms with E-state index >= 15 is 0 Å². The number of rotatable bonds is 5. The third-order valence-electron chi connectivity index (χ3n) is 4.81. The topological polar surface area (TPSA) is 41.1 Å². The highest BCUT2D eigenvalue weighted by molar-refractivity contribution is 6.32. The van der Waals surface area contributed by atoms with Crippen LogP contribution in [0, 0.1) is 17.8 Å². The molecule has 1 aromatic heterocycles. The van der Waals surface area contributed by atoms with E-state index in [4.69, 9.17) is 11.6 Å². The molecule has 0 aromatic carbocycles. The molecule has 2 bridgehead atoms. The minimum atomic E-state index is 0.636. The van der Waals surface area contributed by atoms with E-state index in [9.17, 15) is 0 Å². The Bertz CT molecular complexity index is 479. The number of aromatic nitrogens is 2. The van der Waals surface area contributed by atoms with Crippen molar-refractivity contribution in [3.8, 4) is 0 Å². The van der Waals surface area contributed by atoms with E-state index in [0.717, 1.165) is 36.7 Å². The molecular formula is C15H23ClN4. The van der Waals surface area contributed by atoms with Crippen molar-refractivity contribution in [1.82, 2.24) is 9.97 Å². The average molecular weight is 295 g/mol. The second-order valence-electron chi connectivity index (χ2n) is 6.21. The highest BCUT2D eigenvalue weighted by Crippen LogP contribution is 2.48. The zero-order chi connectivity index (χ0) is 14.1. The maximum Gasteiger partial charge on any atom is 0.224 e. The van der Waals surface area contributed by atoms with Crippen LogP contribution in [0.25, 0.3) is 0 Å². The van der Waals surface area contributed by atoms with Gasteiger partial charge in [0.15, 0.2) is 5.82 Å². The molecule has 1 N–H and O–H groups in total. The Kier molecular flexibility index (Phi) is 4.01. The smallest absolute Gasteiger partial charge is 0.224 e. The average Bonchev–Trinajstić information content (AvgIpc) is 3.03. The van der Waals surface area contributed by atoms with Gasteiger partial charge in [0, 0.05) is 20.1 Å². The fourth-order valence-electron chi connectivity index (χ4n) is 3.91. The summed E-state index contributed by atoms with van der Waals surface area (Å²) in [5, 5.41) is 3.78. The van der Waals surface area contributed by atoms with Gasteiger partial charge in [-0.1, -0.05) is 18.0 Å².